The molecule has 2 rings (SSSR count). The molecule has 0 aliphatic rings. The molecule has 0 unspecified atom stereocenters. The van der Waals surface area contributed by atoms with Crippen molar-refractivity contribution < 1.29 is 16.8 Å². The standard InChI is InChI=1S/C13H12BrN3O4S2/c14-13-6-5-10(9-16-13)7-8-22(18,19)17-11-3-1-2-4-12(11)23(15,20)21/h1-9,17H,(H2,15,20,21). The van der Waals surface area contributed by atoms with Crippen LogP contribution in [0.4, 0.5) is 5.69 Å². The molecule has 23 heavy (non-hydrogen) atoms. The summed E-state index contributed by atoms with van der Waals surface area (Å²) in [4.78, 5) is 3.66. The van der Waals surface area contributed by atoms with Gasteiger partial charge in [0.25, 0.3) is 10.0 Å². The molecule has 7 nitrogen and oxygen atoms in total. The van der Waals surface area contributed by atoms with Gasteiger partial charge in [-0.3, -0.25) is 4.72 Å². The van der Waals surface area contributed by atoms with Crippen molar-refractivity contribution in [1.29, 1.82) is 0 Å². The first kappa shape index (κ1) is 17.6. The van der Waals surface area contributed by atoms with Crippen molar-refractivity contribution in [3.8, 4) is 0 Å². The van der Waals surface area contributed by atoms with Crippen LogP contribution in [0.2, 0.25) is 0 Å². The zero-order chi connectivity index (χ0) is 17.1. The Morgan fingerprint density at radius 2 is 1.78 bits per heavy atom. The molecule has 1 aromatic carbocycles. The number of nitrogens with zero attached hydrogens (tertiary/aromatic N) is 1. The lowest BCUT2D eigenvalue weighted by Gasteiger charge is -2.08. The number of sulfonamides is 2. The number of rotatable bonds is 5. The third kappa shape index (κ3) is 5.13. The fourth-order valence-electron chi connectivity index (χ4n) is 1.64. The van der Waals surface area contributed by atoms with E-state index in [9.17, 15) is 16.8 Å². The summed E-state index contributed by atoms with van der Waals surface area (Å²) >= 11 is 3.17. The highest BCUT2D eigenvalue weighted by atomic mass is 79.9. The molecule has 0 aliphatic carbocycles. The fourth-order valence-corrected chi connectivity index (χ4v) is 3.52. The minimum Gasteiger partial charge on any atom is -0.279 e. The lowest BCUT2D eigenvalue weighted by Crippen LogP contribution is -2.17. The van der Waals surface area contributed by atoms with Crippen LogP contribution in [0.3, 0.4) is 0 Å². The number of halogens is 1. The van der Waals surface area contributed by atoms with Gasteiger partial charge in [-0.2, -0.15) is 0 Å². The van der Waals surface area contributed by atoms with Gasteiger partial charge in [-0.15, -0.1) is 0 Å². The van der Waals surface area contributed by atoms with Crippen molar-refractivity contribution in [3.63, 3.8) is 0 Å². The number of para-hydroxylation sites is 1. The number of anilines is 1. The van der Waals surface area contributed by atoms with Gasteiger partial charge < -0.3 is 0 Å². The number of nitrogens with one attached hydrogen (secondary N) is 1. The predicted octanol–water partition coefficient (Wildman–Crippen LogP) is 1.90. The Kier molecular flexibility index (Phi) is 5.19. The molecule has 0 radical (unpaired) electrons. The molecule has 0 fully saturated rings. The maximum Gasteiger partial charge on any atom is 0.255 e. The van der Waals surface area contributed by atoms with Gasteiger partial charge >= 0.3 is 0 Å². The average Bonchev–Trinajstić information content (AvgIpc) is 2.46. The van der Waals surface area contributed by atoms with E-state index >= 15 is 0 Å². The number of pyridine rings is 1. The SMILES string of the molecule is NS(=O)(=O)c1ccccc1NS(=O)(=O)C=Cc1ccc(Br)nc1. The van der Waals surface area contributed by atoms with E-state index in [1.165, 1.54) is 36.5 Å². The minimum atomic E-state index is -4.04. The zero-order valence-corrected chi connectivity index (χ0v) is 14.8. The van der Waals surface area contributed by atoms with E-state index in [1.54, 1.807) is 12.1 Å². The molecule has 10 heteroatoms. The largest absolute Gasteiger partial charge is 0.279 e. The highest BCUT2D eigenvalue weighted by Crippen LogP contribution is 2.21. The van der Waals surface area contributed by atoms with Gasteiger partial charge in [0.2, 0.25) is 10.0 Å². The molecule has 0 spiro atoms. The monoisotopic (exact) mass is 417 g/mol. The van der Waals surface area contributed by atoms with Crippen LogP contribution in [-0.4, -0.2) is 21.8 Å². The van der Waals surface area contributed by atoms with E-state index in [0.717, 1.165) is 5.41 Å². The molecular weight excluding hydrogens is 406 g/mol. The molecule has 0 saturated heterocycles. The maximum absolute atomic E-state index is 12.1. The first-order valence-corrected chi connectivity index (χ1v) is 10.0. The van der Waals surface area contributed by atoms with Crippen molar-refractivity contribution in [3.05, 3.63) is 58.2 Å². The Hall–Kier alpha value is -1.75. The lowest BCUT2D eigenvalue weighted by molar-refractivity contribution is 0.598. The Balaban J connectivity index is 2.27. The van der Waals surface area contributed by atoms with Gasteiger partial charge in [0.1, 0.15) is 9.50 Å². The summed E-state index contributed by atoms with van der Waals surface area (Å²) in [6, 6.07) is 8.80. The number of hydrogen-bond donors (Lipinski definition) is 2. The van der Waals surface area contributed by atoms with E-state index in [1.807, 2.05) is 0 Å². The normalized spacial score (nSPS) is 12.4. The molecular formula is C13H12BrN3O4S2. The summed E-state index contributed by atoms with van der Waals surface area (Å²) in [6.07, 6.45) is 2.82. The molecule has 0 saturated carbocycles. The van der Waals surface area contributed by atoms with Crippen molar-refractivity contribution in [2.24, 2.45) is 5.14 Å². The lowest BCUT2D eigenvalue weighted by atomic mass is 10.3. The van der Waals surface area contributed by atoms with E-state index in [2.05, 4.69) is 25.6 Å². The quantitative estimate of drug-likeness (QED) is 0.719. The first-order chi connectivity index (χ1) is 10.7. The van der Waals surface area contributed by atoms with Crippen LogP contribution in [0.1, 0.15) is 5.56 Å². The van der Waals surface area contributed by atoms with Crippen LogP contribution in [-0.2, 0) is 20.0 Å². The van der Waals surface area contributed by atoms with Crippen molar-refractivity contribution in [2.75, 3.05) is 4.72 Å². The molecule has 0 amide bonds. The van der Waals surface area contributed by atoms with Gasteiger partial charge in [0.05, 0.1) is 11.1 Å². The Morgan fingerprint density at radius 1 is 1.09 bits per heavy atom. The van der Waals surface area contributed by atoms with E-state index < -0.39 is 20.0 Å². The molecule has 1 heterocycles. The number of benzene rings is 1. The Labute approximate surface area is 142 Å². The first-order valence-electron chi connectivity index (χ1n) is 6.12. The predicted molar refractivity (Wildman–Crippen MR) is 91.3 cm³/mol. The van der Waals surface area contributed by atoms with Crippen molar-refractivity contribution in [1.82, 2.24) is 4.98 Å². The van der Waals surface area contributed by atoms with Gasteiger partial charge in [0.15, 0.2) is 0 Å². The molecule has 122 valence electrons. The molecule has 3 N–H and O–H groups in total. The summed E-state index contributed by atoms with van der Waals surface area (Å²) in [7, 11) is -7.96. The second-order valence-electron chi connectivity index (χ2n) is 4.41. The molecule has 0 aliphatic heterocycles. The van der Waals surface area contributed by atoms with Gasteiger partial charge in [-0.05, 0) is 45.8 Å². The topological polar surface area (TPSA) is 119 Å². The summed E-state index contributed by atoms with van der Waals surface area (Å²) in [5, 5.41) is 5.98. The van der Waals surface area contributed by atoms with Crippen LogP contribution >= 0.6 is 15.9 Å². The second-order valence-corrected chi connectivity index (χ2v) is 8.31. The van der Waals surface area contributed by atoms with E-state index in [4.69, 9.17) is 5.14 Å². The van der Waals surface area contributed by atoms with Crippen LogP contribution in [0.15, 0.2) is 57.5 Å². The Morgan fingerprint density at radius 3 is 2.39 bits per heavy atom. The summed E-state index contributed by atoms with van der Waals surface area (Å²) < 4.78 is 49.8. The van der Waals surface area contributed by atoms with Crippen molar-refractivity contribution >= 4 is 47.7 Å². The summed E-state index contributed by atoms with van der Waals surface area (Å²) in [5.74, 6) is 0. The fraction of sp³-hybridized carbons (Fsp3) is 0. The number of primary sulfonamides is 1. The van der Waals surface area contributed by atoms with E-state index in [0.29, 0.717) is 10.2 Å². The van der Waals surface area contributed by atoms with Crippen LogP contribution in [0.5, 0.6) is 0 Å². The summed E-state index contributed by atoms with van der Waals surface area (Å²) in [6.45, 7) is 0. The minimum absolute atomic E-state index is 0.117. The number of aromatic nitrogens is 1. The third-order valence-corrected chi connectivity index (χ3v) is 5.07. The highest BCUT2D eigenvalue weighted by Gasteiger charge is 2.16. The van der Waals surface area contributed by atoms with Crippen LogP contribution < -0.4 is 9.86 Å². The molecule has 0 atom stereocenters. The third-order valence-electron chi connectivity index (χ3n) is 2.64. The van der Waals surface area contributed by atoms with Gasteiger partial charge in [0, 0.05) is 6.20 Å². The number of hydrogen-bond acceptors (Lipinski definition) is 5. The average molecular weight is 418 g/mol. The van der Waals surface area contributed by atoms with Crippen molar-refractivity contribution in [2.45, 2.75) is 4.90 Å². The Bertz CT molecular complexity index is 939. The molecule has 2 aromatic rings. The zero-order valence-electron chi connectivity index (χ0n) is 11.5. The van der Waals surface area contributed by atoms with Gasteiger partial charge in [-0.25, -0.2) is 27.0 Å². The smallest absolute Gasteiger partial charge is 0.255 e. The maximum atomic E-state index is 12.1. The van der Waals surface area contributed by atoms with E-state index in [-0.39, 0.29) is 10.6 Å². The molecule has 0 bridgehead atoms. The highest BCUT2D eigenvalue weighted by molar-refractivity contribution is 9.10. The van der Waals surface area contributed by atoms with Crippen LogP contribution in [0.25, 0.3) is 6.08 Å². The molecule has 1 aromatic heterocycles. The van der Waals surface area contributed by atoms with Crippen LogP contribution in [0, 0.1) is 0 Å². The number of nitrogens with two attached hydrogens (primary N) is 1. The second kappa shape index (κ2) is 6.79. The summed E-state index contributed by atoms with van der Waals surface area (Å²) in [5.41, 5.74) is 0.451. The van der Waals surface area contributed by atoms with Gasteiger partial charge in [-0.1, -0.05) is 18.2 Å².